The van der Waals surface area contributed by atoms with Crippen LogP contribution in [0.15, 0.2) is 4.79 Å². The Morgan fingerprint density at radius 3 is 2.47 bits per heavy atom. The number of unbranched alkanes of at least 4 members (excludes halogenated alkanes) is 1. The molecule has 0 aromatic carbocycles. The van der Waals surface area contributed by atoms with E-state index in [4.69, 9.17) is 0 Å². The van der Waals surface area contributed by atoms with E-state index < -0.39 is 0 Å². The highest BCUT2D eigenvalue weighted by Crippen LogP contribution is 2.17. The van der Waals surface area contributed by atoms with Crippen LogP contribution in [-0.4, -0.2) is 9.78 Å². The molecule has 86 valence electrons. The van der Waals surface area contributed by atoms with E-state index in [2.05, 4.69) is 25.9 Å². The van der Waals surface area contributed by atoms with Crippen molar-refractivity contribution in [1.29, 1.82) is 0 Å². The minimum Gasteiger partial charge on any atom is -0.289 e. The SMILES string of the molecule is CCCCn1[nH]c(=O)c(CC)c1C(C)C. The van der Waals surface area contributed by atoms with Crippen molar-refractivity contribution in [1.82, 2.24) is 9.78 Å². The molecule has 1 heterocycles. The third kappa shape index (κ3) is 2.52. The summed E-state index contributed by atoms with van der Waals surface area (Å²) in [6.07, 6.45) is 3.09. The van der Waals surface area contributed by atoms with Crippen LogP contribution in [0.4, 0.5) is 0 Å². The van der Waals surface area contributed by atoms with Gasteiger partial charge < -0.3 is 0 Å². The summed E-state index contributed by atoms with van der Waals surface area (Å²) in [5, 5.41) is 2.94. The Morgan fingerprint density at radius 2 is 2.00 bits per heavy atom. The predicted molar refractivity (Wildman–Crippen MR) is 63.4 cm³/mol. The van der Waals surface area contributed by atoms with E-state index in [-0.39, 0.29) is 5.56 Å². The summed E-state index contributed by atoms with van der Waals surface area (Å²) in [6.45, 7) is 9.42. The maximum Gasteiger partial charge on any atom is 0.267 e. The number of H-pyrrole nitrogens is 1. The van der Waals surface area contributed by atoms with Crippen LogP contribution in [0.3, 0.4) is 0 Å². The second-order valence-corrected chi connectivity index (χ2v) is 4.32. The molecule has 3 nitrogen and oxygen atoms in total. The number of hydrogen-bond acceptors (Lipinski definition) is 1. The van der Waals surface area contributed by atoms with E-state index >= 15 is 0 Å². The van der Waals surface area contributed by atoms with Crippen molar-refractivity contribution in [2.45, 2.75) is 59.4 Å². The van der Waals surface area contributed by atoms with Crippen LogP contribution in [0.2, 0.25) is 0 Å². The second kappa shape index (κ2) is 5.19. The molecule has 1 N–H and O–H groups in total. The Morgan fingerprint density at radius 1 is 1.33 bits per heavy atom. The van der Waals surface area contributed by atoms with Crippen molar-refractivity contribution in [2.24, 2.45) is 0 Å². The highest BCUT2D eigenvalue weighted by Gasteiger charge is 2.15. The first-order valence-electron chi connectivity index (χ1n) is 5.93. The number of hydrogen-bond donors (Lipinski definition) is 1. The molecule has 3 heteroatoms. The molecule has 0 saturated carbocycles. The van der Waals surface area contributed by atoms with E-state index in [1.54, 1.807) is 0 Å². The average molecular weight is 210 g/mol. The van der Waals surface area contributed by atoms with Gasteiger partial charge in [0, 0.05) is 17.8 Å². The highest BCUT2D eigenvalue weighted by atomic mass is 16.1. The van der Waals surface area contributed by atoms with Gasteiger partial charge in [-0.1, -0.05) is 34.1 Å². The van der Waals surface area contributed by atoms with E-state index in [0.717, 1.165) is 31.4 Å². The van der Waals surface area contributed by atoms with Crippen LogP contribution in [0.25, 0.3) is 0 Å². The molecule has 0 saturated heterocycles. The molecule has 1 aromatic heterocycles. The number of aryl methyl sites for hydroxylation is 1. The lowest BCUT2D eigenvalue weighted by atomic mass is 10.0. The Bertz CT molecular complexity index is 360. The minimum absolute atomic E-state index is 0.0947. The van der Waals surface area contributed by atoms with Gasteiger partial charge >= 0.3 is 0 Å². The molecule has 0 spiro atoms. The third-order valence-corrected chi connectivity index (χ3v) is 2.75. The lowest BCUT2D eigenvalue weighted by Gasteiger charge is -2.12. The molecule has 1 aromatic rings. The predicted octanol–water partition coefficient (Wildman–Crippen LogP) is 2.66. The first kappa shape index (κ1) is 12.1. The first-order chi connectivity index (χ1) is 7.11. The zero-order valence-electron chi connectivity index (χ0n) is 10.3. The zero-order chi connectivity index (χ0) is 11.4. The van der Waals surface area contributed by atoms with E-state index in [1.807, 2.05) is 11.6 Å². The van der Waals surface area contributed by atoms with Gasteiger partial charge in [0.05, 0.1) is 0 Å². The van der Waals surface area contributed by atoms with Crippen molar-refractivity contribution in [2.75, 3.05) is 0 Å². The fourth-order valence-corrected chi connectivity index (χ4v) is 2.02. The quantitative estimate of drug-likeness (QED) is 0.797. The van der Waals surface area contributed by atoms with E-state index in [1.165, 1.54) is 5.69 Å². The summed E-state index contributed by atoms with van der Waals surface area (Å²) < 4.78 is 2.04. The summed E-state index contributed by atoms with van der Waals surface area (Å²) in [4.78, 5) is 11.7. The lowest BCUT2D eigenvalue weighted by Crippen LogP contribution is -2.08. The molecule has 0 fully saturated rings. The summed E-state index contributed by atoms with van der Waals surface area (Å²) in [5.41, 5.74) is 2.24. The largest absolute Gasteiger partial charge is 0.289 e. The Labute approximate surface area is 91.5 Å². The molecule has 0 radical (unpaired) electrons. The van der Waals surface area contributed by atoms with Crippen LogP contribution >= 0.6 is 0 Å². The molecule has 0 bridgehead atoms. The van der Waals surface area contributed by atoms with Crippen molar-refractivity contribution in [3.8, 4) is 0 Å². The molecule has 1 rings (SSSR count). The lowest BCUT2D eigenvalue weighted by molar-refractivity contribution is 0.531. The van der Waals surface area contributed by atoms with Crippen molar-refractivity contribution in [3.05, 3.63) is 21.6 Å². The Balaban J connectivity index is 3.09. The van der Waals surface area contributed by atoms with E-state index in [0.29, 0.717) is 5.92 Å². The topological polar surface area (TPSA) is 37.8 Å². The monoisotopic (exact) mass is 210 g/mol. The maximum atomic E-state index is 11.7. The van der Waals surface area contributed by atoms with Gasteiger partial charge in [0.25, 0.3) is 5.56 Å². The van der Waals surface area contributed by atoms with Crippen LogP contribution in [-0.2, 0) is 13.0 Å². The number of aromatic nitrogens is 2. The Kier molecular flexibility index (Phi) is 4.18. The van der Waals surface area contributed by atoms with Crippen LogP contribution < -0.4 is 5.56 Å². The highest BCUT2D eigenvalue weighted by molar-refractivity contribution is 5.21. The number of nitrogens with zero attached hydrogens (tertiary/aromatic N) is 1. The molecular weight excluding hydrogens is 188 g/mol. The minimum atomic E-state index is 0.0947. The van der Waals surface area contributed by atoms with Gasteiger partial charge in [-0.25, -0.2) is 0 Å². The molecular formula is C12H22N2O. The van der Waals surface area contributed by atoms with Gasteiger partial charge in [0.2, 0.25) is 0 Å². The van der Waals surface area contributed by atoms with E-state index in [9.17, 15) is 4.79 Å². The fraction of sp³-hybridized carbons (Fsp3) is 0.750. The number of aromatic amines is 1. The molecule has 0 atom stereocenters. The van der Waals surface area contributed by atoms with Crippen LogP contribution in [0.5, 0.6) is 0 Å². The molecule has 0 amide bonds. The zero-order valence-corrected chi connectivity index (χ0v) is 10.3. The van der Waals surface area contributed by atoms with Gasteiger partial charge in [-0.2, -0.15) is 0 Å². The normalized spacial score (nSPS) is 11.3. The van der Waals surface area contributed by atoms with Gasteiger partial charge in [-0.3, -0.25) is 14.6 Å². The third-order valence-electron chi connectivity index (χ3n) is 2.75. The molecule has 0 aliphatic rings. The van der Waals surface area contributed by atoms with Crippen molar-refractivity contribution in [3.63, 3.8) is 0 Å². The molecule has 0 unspecified atom stereocenters. The van der Waals surface area contributed by atoms with Gasteiger partial charge in [-0.05, 0) is 18.8 Å². The summed E-state index contributed by atoms with van der Waals surface area (Å²) in [7, 11) is 0. The van der Waals surface area contributed by atoms with Crippen LogP contribution in [0, 0.1) is 0 Å². The summed E-state index contributed by atoms with van der Waals surface area (Å²) in [5.74, 6) is 0.413. The summed E-state index contributed by atoms with van der Waals surface area (Å²) >= 11 is 0. The average Bonchev–Trinajstić information content (AvgIpc) is 2.51. The number of rotatable bonds is 5. The fourth-order valence-electron chi connectivity index (χ4n) is 2.02. The smallest absolute Gasteiger partial charge is 0.267 e. The van der Waals surface area contributed by atoms with Crippen molar-refractivity contribution < 1.29 is 0 Å². The molecule has 15 heavy (non-hydrogen) atoms. The van der Waals surface area contributed by atoms with Crippen LogP contribution in [0.1, 0.15) is 57.7 Å². The summed E-state index contributed by atoms with van der Waals surface area (Å²) in [6, 6.07) is 0. The van der Waals surface area contributed by atoms with Crippen molar-refractivity contribution >= 4 is 0 Å². The Hall–Kier alpha value is -0.990. The standard InChI is InChI=1S/C12H22N2O/c1-5-7-8-14-11(9(3)4)10(6-2)12(15)13-14/h9H,5-8H2,1-4H3,(H,13,15). The van der Waals surface area contributed by atoms with Gasteiger partial charge in [-0.15, -0.1) is 0 Å². The number of nitrogens with one attached hydrogen (secondary N) is 1. The first-order valence-corrected chi connectivity index (χ1v) is 5.93. The second-order valence-electron chi connectivity index (χ2n) is 4.32. The van der Waals surface area contributed by atoms with Gasteiger partial charge in [0.1, 0.15) is 0 Å². The molecule has 0 aliphatic carbocycles. The van der Waals surface area contributed by atoms with Gasteiger partial charge in [0.15, 0.2) is 0 Å². The molecule has 0 aliphatic heterocycles. The maximum absolute atomic E-state index is 11.7.